The molecular formula is C19H21NO4S. The molecule has 0 N–H and O–H groups in total. The highest BCUT2D eigenvalue weighted by molar-refractivity contribution is 7.89. The van der Waals surface area contributed by atoms with Crippen molar-refractivity contribution in [2.75, 3.05) is 13.7 Å². The number of benzene rings is 2. The molecule has 1 aliphatic heterocycles. The minimum absolute atomic E-state index is 0.0346. The van der Waals surface area contributed by atoms with E-state index in [0.717, 1.165) is 18.4 Å². The van der Waals surface area contributed by atoms with Gasteiger partial charge in [-0.1, -0.05) is 30.3 Å². The third kappa shape index (κ3) is 3.75. The molecule has 0 aromatic heterocycles. The van der Waals surface area contributed by atoms with Gasteiger partial charge in [0.1, 0.15) is 0 Å². The molecule has 132 valence electrons. The van der Waals surface area contributed by atoms with Crippen LogP contribution in [0, 0.1) is 0 Å². The van der Waals surface area contributed by atoms with Crippen molar-refractivity contribution in [1.29, 1.82) is 0 Å². The van der Waals surface area contributed by atoms with Gasteiger partial charge in [-0.3, -0.25) is 0 Å². The number of ether oxygens (including phenoxy) is 1. The Kier molecular flexibility index (Phi) is 5.20. The van der Waals surface area contributed by atoms with Crippen molar-refractivity contribution in [3.05, 3.63) is 65.7 Å². The molecule has 2 aromatic carbocycles. The lowest BCUT2D eigenvalue weighted by Gasteiger charge is -2.24. The number of sulfonamides is 1. The monoisotopic (exact) mass is 359 g/mol. The van der Waals surface area contributed by atoms with Crippen molar-refractivity contribution >= 4 is 16.0 Å². The molecule has 0 radical (unpaired) electrons. The number of hydrogen-bond donors (Lipinski definition) is 0. The van der Waals surface area contributed by atoms with Gasteiger partial charge in [-0.15, -0.1) is 0 Å². The molecule has 0 spiro atoms. The number of esters is 1. The summed E-state index contributed by atoms with van der Waals surface area (Å²) in [6.45, 7) is 0.526. The first-order valence-electron chi connectivity index (χ1n) is 8.26. The average Bonchev–Trinajstić information content (AvgIpc) is 3.11. The molecule has 5 nitrogen and oxygen atoms in total. The fourth-order valence-corrected chi connectivity index (χ4v) is 4.92. The maximum Gasteiger partial charge on any atom is 0.337 e. The summed E-state index contributed by atoms with van der Waals surface area (Å²) in [5, 5.41) is 0. The third-order valence-corrected chi connectivity index (χ3v) is 6.49. The van der Waals surface area contributed by atoms with Crippen LogP contribution in [0.5, 0.6) is 0 Å². The smallest absolute Gasteiger partial charge is 0.337 e. The predicted molar refractivity (Wildman–Crippen MR) is 94.8 cm³/mol. The van der Waals surface area contributed by atoms with Crippen molar-refractivity contribution in [2.45, 2.75) is 30.2 Å². The summed E-state index contributed by atoms with van der Waals surface area (Å²) in [7, 11) is -2.28. The number of methoxy groups -OCH3 is 1. The molecule has 0 unspecified atom stereocenters. The molecule has 0 amide bonds. The first-order chi connectivity index (χ1) is 12.0. The zero-order chi connectivity index (χ0) is 17.9. The van der Waals surface area contributed by atoms with Gasteiger partial charge in [0.15, 0.2) is 0 Å². The standard InChI is InChI=1S/C19H21NO4S/c1-24-19(21)16-9-11-18(12-10-16)25(22,23)20-13-5-8-17(20)14-15-6-3-2-4-7-15/h2-4,6-7,9-12,17H,5,8,13-14H2,1H3/t17-/m1/s1. The molecular weight excluding hydrogens is 338 g/mol. The molecule has 1 atom stereocenters. The van der Waals surface area contributed by atoms with Crippen LogP contribution in [0.25, 0.3) is 0 Å². The Labute approximate surface area is 148 Å². The van der Waals surface area contributed by atoms with Gasteiger partial charge < -0.3 is 4.74 Å². The molecule has 6 heteroatoms. The van der Waals surface area contributed by atoms with Crippen LogP contribution in [0.3, 0.4) is 0 Å². The van der Waals surface area contributed by atoms with E-state index >= 15 is 0 Å². The van der Waals surface area contributed by atoms with E-state index in [1.165, 1.54) is 31.4 Å². The van der Waals surface area contributed by atoms with Gasteiger partial charge in [0.2, 0.25) is 10.0 Å². The van der Waals surface area contributed by atoms with E-state index in [1.807, 2.05) is 30.3 Å². The lowest BCUT2D eigenvalue weighted by Crippen LogP contribution is -2.36. The van der Waals surface area contributed by atoms with Crippen molar-refractivity contribution in [2.24, 2.45) is 0 Å². The van der Waals surface area contributed by atoms with Gasteiger partial charge in [0, 0.05) is 12.6 Å². The van der Waals surface area contributed by atoms with E-state index in [0.29, 0.717) is 18.5 Å². The molecule has 25 heavy (non-hydrogen) atoms. The van der Waals surface area contributed by atoms with Crippen LogP contribution in [0.1, 0.15) is 28.8 Å². The van der Waals surface area contributed by atoms with E-state index in [2.05, 4.69) is 4.74 Å². The van der Waals surface area contributed by atoms with Gasteiger partial charge in [-0.25, -0.2) is 13.2 Å². The third-order valence-electron chi connectivity index (χ3n) is 4.52. The van der Waals surface area contributed by atoms with Crippen molar-refractivity contribution in [3.63, 3.8) is 0 Å². The average molecular weight is 359 g/mol. The molecule has 1 fully saturated rings. The number of carbonyl (C=O) groups is 1. The quantitative estimate of drug-likeness (QED) is 0.770. The summed E-state index contributed by atoms with van der Waals surface area (Å²) in [6.07, 6.45) is 2.42. The van der Waals surface area contributed by atoms with E-state index in [4.69, 9.17) is 0 Å². The van der Waals surface area contributed by atoms with E-state index in [1.54, 1.807) is 4.31 Å². The number of nitrogens with zero attached hydrogens (tertiary/aromatic N) is 1. The molecule has 1 aliphatic rings. The van der Waals surface area contributed by atoms with Crippen molar-refractivity contribution in [3.8, 4) is 0 Å². The van der Waals surface area contributed by atoms with Gasteiger partial charge in [-0.2, -0.15) is 4.31 Å². The Morgan fingerprint density at radius 1 is 1.12 bits per heavy atom. The summed E-state index contributed by atoms with van der Waals surface area (Å²) in [5.41, 5.74) is 1.47. The first kappa shape index (κ1) is 17.6. The van der Waals surface area contributed by atoms with Gasteiger partial charge >= 0.3 is 5.97 Å². The lowest BCUT2D eigenvalue weighted by molar-refractivity contribution is 0.0600. The summed E-state index contributed by atoms with van der Waals surface area (Å²) < 4.78 is 32.2. The normalized spacial score (nSPS) is 18.2. The molecule has 2 aromatic rings. The Bertz CT molecular complexity index is 831. The summed E-state index contributed by atoms with van der Waals surface area (Å²) in [6, 6.07) is 15.8. The second kappa shape index (κ2) is 7.37. The number of carbonyl (C=O) groups excluding carboxylic acids is 1. The molecule has 1 saturated heterocycles. The summed E-state index contributed by atoms with van der Waals surface area (Å²) >= 11 is 0. The highest BCUT2D eigenvalue weighted by atomic mass is 32.2. The Hall–Kier alpha value is -2.18. The maximum absolute atomic E-state index is 13.0. The predicted octanol–water partition coefficient (Wildman–Crippen LogP) is 2.87. The fourth-order valence-electron chi connectivity index (χ4n) is 3.23. The van der Waals surface area contributed by atoms with Gasteiger partial charge in [-0.05, 0) is 49.1 Å². The zero-order valence-electron chi connectivity index (χ0n) is 14.1. The van der Waals surface area contributed by atoms with Crippen LogP contribution in [-0.2, 0) is 21.2 Å². The van der Waals surface area contributed by atoms with E-state index in [-0.39, 0.29) is 10.9 Å². The van der Waals surface area contributed by atoms with Crippen LogP contribution in [0.4, 0.5) is 0 Å². The maximum atomic E-state index is 13.0. The SMILES string of the molecule is COC(=O)c1ccc(S(=O)(=O)N2CCC[C@@H]2Cc2ccccc2)cc1. The van der Waals surface area contributed by atoms with E-state index < -0.39 is 16.0 Å². The Morgan fingerprint density at radius 2 is 1.80 bits per heavy atom. The molecule has 0 aliphatic carbocycles. The van der Waals surface area contributed by atoms with Gasteiger partial charge in [0.25, 0.3) is 0 Å². The van der Waals surface area contributed by atoms with Crippen LogP contribution < -0.4 is 0 Å². The summed E-state index contributed by atoms with van der Waals surface area (Å²) in [4.78, 5) is 11.7. The number of hydrogen-bond acceptors (Lipinski definition) is 4. The lowest BCUT2D eigenvalue weighted by atomic mass is 10.1. The fraction of sp³-hybridized carbons (Fsp3) is 0.316. The van der Waals surface area contributed by atoms with Crippen LogP contribution in [-0.4, -0.2) is 38.4 Å². The highest BCUT2D eigenvalue weighted by Gasteiger charge is 2.35. The largest absolute Gasteiger partial charge is 0.465 e. The second-order valence-corrected chi connectivity index (χ2v) is 8.01. The topological polar surface area (TPSA) is 63.7 Å². The molecule has 0 saturated carbocycles. The minimum Gasteiger partial charge on any atom is -0.465 e. The van der Waals surface area contributed by atoms with Crippen molar-refractivity contribution in [1.82, 2.24) is 4.31 Å². The number of rotatable bonds is 5. The second-order valence-electron chi connectivity index (χ2n) is 6.12. The minimum atomic E-state index is -3.58. The Balaban J connectivity index is 1.82. The Morgan fingerprint density at radius 3 is 2.44 bits per heavy atom. The van der Waals surface area contributed by atoms with Crippen LogP contribution in [0.15, 0.2) is 59.5 Å². The van der Waals surface area contributed by atoms with Crippen molar-refractivity contribution < 1.29 is 17.9 Å². The van der Waals surface area contributed by atoms with Crippen LogP contribution >= 0.6 is 0 Å². The van der Waals surface area contributed by atoms with Crippen LogP contribution in [0.2, 0.25) is 0 Å². The highest BCUT2D eigenvalue weighted by Crippen LogP contribution is 2.28. The van der Waals surface area contributed by atoms with E-state index in [9.17, 15) is 13.2 Å². The summed E-state index contributed by atoms with van der Waals surface area (Å²) in [5.74, 6) is -0.480. The molecule has 0 bridgehead atoms. The first-order valence-corrected chi connectivity index (χ1v) is 9.70. The van der Waals surface area contributed by atoms with Gasteiger partial charge in [0.05, 0.1) is 17.6 Å². The zero-order valence-corrected chi connectivity index (χ0v) is 14.9. The molecule has 3 rings (SSSR count). The molecule has 1 heterocycles.